The number of carboxylic acid groups (broad SMARTS) is 1. The van der Waals surface area contributed by atoms with Crippen molar-refractivity contribution in [2.75, 3.05) is 0 Å². The molecular weight excluding hydrogens is 268 g/mol. The number of hydrogen-bond acceptors (Lipinski definition) is 3. The van der Waals surface area contributed by atoms with Crippen molar-refractivity contribution in [2.24, 2.45) is 0 Å². The first-order valence-corrected chi connectivity index (χ1v) is 6.39. The molecule has 3 aromatic rings. The molecule has 0 bridgehead atoms. The lowest BCUT2D eigenvalue weighted by atomic mass is 10.1. The lowest BCUT2D eigenvalue weighted by molar-refractivity contribution is 0.0663. The second-order valence-corrected chi connectivity index (χ2v) is 4.38. The molecule has 1 heterocycles. The van der Waals surface area contributed by atoms with Gasteiger partial charge in [0, 0.05) is 11.1 Å². The molecule has 0 aliphatic heterocycles. The molecule has 4 heteroatoms. The molecule has 0 radical (unpaired) electrons. The number of carboxylic acids is 1. The summed E-state index contributed by atoms with van der Waals surface area (Å²) in [4.78, 5) is 11.2. The molecule has 0 amide bonds. The van der Waals surface area contributed by atoms with Crippen molar-refractivity contribution in [3.8, 4) is 22.6 Å². The molecule has 0 unspecified atom stereocenters. The summed E-state index contributed by atoms with van der Waals surface area (Å²) in [6.07, 6.45) is 1.36. The number of rotatable bonds is 4. The third-order valence-electron chi connectivity index (χ3n) is 3.01. The third kappa shape index (κ3) is 2.65. The van der Waals surface area contributed by atoms with Crippen LogP contribution in [0.4, 0.5) is 0 Å². The third-order valence-corrected chi connectivity index (χ3v) is 3.01. The van der Waals surface area contributed by atoms with Crippen LogP contribution in [-0.4, -0.2) is 11.1 Å². The quantitative estimate of drug-likeness (QED) is 0.767. The molecule has 104 valence electrons. The van der Waals surface area contributed by atoms with E-state index in [1.54, 1.807) is 18.2 Å². The van der Waals surface area contributed by atoms with Crippen LogP contribution < -0.4 is 4.74 Å². The minimum Gasteiger partial charge on any atom is -0.475 e. The Morgan fingerprint density at radius 2 is 1.62 bits per heavy atom. The van der Waals surface area contributed by atoms with Gasteiger partial charge in [0.05, 0.1) is 6.26 Å². The van der Waals surface area contributed by atoms with E-state index in [0.717, 1.165) is 0 Å². The van der Waals surface area contributed by atoms with Gasteiger partial charge in [0.15, 0.2) is 0 Å². The number of furan rings is 1. The fourth-order valence-electron chi connectivity index (χ4n) is 2.08. The molecule has 4 nitrogen and oxygen atoms in total. The molecule has 0 atom stereocenters. The number of hydrogen-bond donors (Lipinski definition) is 1. The van der Waals surface area contributed by atoms with Crippen molar-refractivity contribution in [2.45, 2.75) is 0 Å². The second kappa shape index (κ2) is 5.54. The summed E-state index contributed by atoms with van der Waals surface area (Å²) in [5, 5.41) is 9.16. The Bertz CT molecular complexity index is 759. The fraction of sp³-hybridized carbons (Fsp3) is 0. The van der Waals surface area contributed by atoms with E-state index in [9.17, 15) is 4.79 Å². The van der Waals surface area contributed by atoms with Crippen LogP contribution in [0.1, 0.15) is 10.6 Å². The zero-order chi connectivity index (χ0) is 14.7. The molecule has 0 aliphatic rings. The van der Waals surface area contributed by atoms with Gasteiger partial charge >= 0.3 is 5.97 Å². The molecule has 3 rings (SSSR count). The van der Waals surface area contributed by atoms with Crippen LogP contribution in [0.15, 0.2) is 71.3 Å². The number of aromatic carboxylic acids is 1. The van der Waals surface area contributed by atoms with Crippen molar-refractivity contribution in [1.29, 1.82) is 0 Å². The van der Waals surface area contributed by atoms with Gasteiger partial charge in [-0.05, 0) is 24.3 Å². The van der Waals surface area contributed by atoms with Gasteiger partial charge in [0.1, 0.15) is 11.5 Å². The monoisotopic (exact) mass is 280 g/mol. The first-order valence-electron chi connectivity index (χ1n) is 6.39. The van der Waals surface area contributed by atoms with E-state index in [0.29, 0.717) is 22.6 Å². The van der Waals surface area contributed by atoms with E-state index < -0.39 is 5.97 Å². The Hall–Kier alpha value is -3.01. The van der Waals surface area contributed by atoms with Crippen molar-refractivity contribution < 1.29 is 19.1 Å². The standard InChI is InChI=1S/C17H12O4/c18-17(19)16-14(10-11-20-16)13-8-4-5-9-15(13)21-12-6-2-1-3-7-12/h1-11H,(H,18,19). The summed E-state index contributed by atoms with van der Waals surface area (Å²) in [6.45, 7) is 0. The highest BCUT2D eigenvalue weighted by molar-refractivity contribution is 5.94. The van der Waals surface area contributed by atoms with E-state index >= 15 is 0 Å². The summed E-state index contributed by atoms with van der Waals surface area (Å²) in [6, 6.07) is 18.2. The Labute approximate surface area is 121 Å². The van der Waals surface area contributed by atoms with Crippen LogP contribution >= 0.6 is 0 Å². The van der Waals surface area contributed by atoms with E-state index in [2.05, 4.69) is 0 Å². The van der Waals surface area contributed by atoms with Crippen LogP contribution in [-0.2, 0) is 0 Å². The zero-order valence-electron chi connectivity index (χ0n) is 11.0. The largest absolute Gasteiger partial charge is 0.475 e. The van der Waals surface area contributed by atoms with E-state index in [4.69, 9.17) is 14.3 Å². The average Bonchev–Trinajstić information content (AvgIpc) is 2.98. The summed E-state index contributed by atoms with van der Waals surface area (Å²) in [7, 11) is 0. The smallest absolute Gasteiger partial charge is 0.372 e. The van der Waals surface area contributed by atoms with Crippen LogP contribution in [0.25, 0.3) is 11.1 Å². The minimum atomic E-state index is -1.11. The van der Waals surface area contributed by atoms with Crippen LogP contribution in [0.5, 0.6) is 11.5 Å². The van der Waals surface area contributed by atoms with Crippen molar-refractivity contribution in [3.05, 3.63) is 72.7 Å². The van der Waals surface area contributed by atoms with Gasteiger partial charge in [-0.15, -0.1) is 0 Å². The molecule has 0 aliphatic carbocycles. The van der Waals surface area contributed by atoms with Gasteiger partial charge in [-0.3, -0.25) is 0 Å². The number of carbonyl (C=O) groups is 1. The highest BCUT2D eigenvalue weighted by Crippen LogP contribution is 2.35. The number of ether oxygens (including phenoxy) is 1. The van der Waals surface area contributed by atoms with Crippen LogP contribution in [0.3, 0.4) is 0 Å². The lowest BCUT2D eigenvalue weighted by Crippen LogP contribution is -1.97. The van der Waals surface area contributed by atoms with E-state index in [1.165, 1.54) is 6.26 Å². The van der Waals surface area contributed by atoms with Crippen molar-refractivity contribution in [1.82, 2.24) is 0 Å². The molecule has 2 aromatic carbocycles. The predicted octanol–water partition coefficient (Wildman–Crippen LogP) is 4.44. The second-order valence-electron chi connectivity index (χ2n) is 4.38. The first-order chi connectivity index (χ1) is 10.3. The first kappa shape index (κ1) is 13.0. The Morgan fingerprint density at radius 1 is 0.905 bits per heavy atom. The fourth-order valence-corrected chi connectivity index (χ4v) is 2.08. The molecule has 0 saturated carbocycles. The Morgan fingerprint density at radius 3 is 2.38 bits per heavy atom. The number of para-hydroxylation sites is 2. The van der Waals surface area contributed by atoms with Gasteiger partial charge < -0.3 is 14.3 Å². The summed E-state index contributed by atoms with van der Waals surface area (Å²) in [5.74, 6) is 0.0570. The molecule has 0 fully saturated rings. The molecular formula is C17H12O4. The minimum absolute atomic E-state index is 0.0980. The topological polar surface area (TPSA) is 59.7 Å². The van der Waals surface area contributed by atoms with E-state index in [1.807, 2.05) is 42.5 Å². The van der Waals surface area contributed by atoms with Crippen molar-refractivity contribution >= 4 is 5.97 Å². The lowest BCUT2D eigenvalue weighted by Gasteiger charge is -2.10. The highest BCUT2D eigenvalue weighted by Gasteiger charge is 2.18. The van der Waals surface area contributed by atoms with Gasteiger partial charge in [-0.25, -0.2) is 4.79 Å². The Kier molecular flexibility index (Phi) is 3.43. The molecule has 0 saturated heterocycles. The van der Waals surface area contributed by atoms with Gasteiger partial charge in [0.25, 0.3) is 0 Å². The zero-order valence-corrected chi connectivity index (χ0v) is 11.0. The predicted molar refractivity (Wildman–Crippen MR) is 77.6 cm³/mol. The van der Waals surface area contributed by atoms with Crippen LogP contribution in [0, 0.1) is 0 Å². The van der Waals surface area contributed by atoms with Crippen molar-refractivity contribution in [3.63, 3.8) is 0 Å². The van der Waals surface area contributed by atoms with Crippen LogP contribution in [0.2, 0.25) is 0 Å². The highest BCUT2D eigenvalue weighted by atomic mass is 16.5. The maximum absolute atomic E-state index is 11.2. The summed E-state index contributed by atoms with van der Waals surface area (Å²) < 4.78 is 10.9. The SMILES string of the molecule is O=C(O)c1occc1-c1ccccc1Oc1ccccc1. The van der Waals surface area contributed by atoms with E-state index in [-0.39, 0.29) is 5.76 Å². The Balaban J connectivity index is 2.04. The maximum atomic E-state index is 11.2. The van der Waals surface area contributed by atoms with Gasteiger partial charge in [-0.1, -0.05) is 36.4 Å². The molecule has 21 heavy (non-hydrogen) atoms. The summed E-state index contributed by atoms with van der Waals surface area (Å²) in [5.41, 5.74) is 1.17. The van der Waals surface area contributed by atoms with Gasteiger partial charge in [-0.2, -0.15) is 0 Å². The van der Waals surface area contributed by atoms with Gasteiger partial charge in [0.2, 0.25) is 5.76 Å². The normalized spacial score (nSPS) is 10.3. The summed E-state index contributed by atoms with van der Waals surface area (Å²) >= 11 is 0. The molecule has 0 spiro atoms. The molecule has 1 aromatic heterocycles. The maximum Gasteiger partial charge on any atom is 0.372 e. The molecule has 1 N–H and O–H groups in total. The number of benzene rings is 2. The average molecular weight is 280 g/mol.